The van der Waals surface area contributed by atoms with E-state index in [1.807, 2.05) is 19.1 Å². The fraction of sp³-hybridized carbons (Fsp3) is 0.267. The molecule has 0 fully saturated rings. The van der Waals surface area contributed by atoms with Gasteiger partial charge in [0.2, 0.25) is 0 Å². The summed E-state index contributed by atoms with van der Waals surface area (Å²) in [5, 5.41) is 14.4. The van der Waals surface area contributed by atoms with Crippen LogP contribution in [0.5, 0.6) is 5.75 Å². The van der Waals surface area contributed by atoms with Crippen molar-refractivity contribution in [3.05, 3.63) is 58.4 Å². The number of para-hydroxylation sites is 1. The third-order valence-corrected chi connectivity index (χ3v) is 2.88. The second kappa shape index (κ2) is 7.23. The molecule has 0 amide bonds. The van der Waals surface area contributed by atoms with Gasteiger partial charge < -0.3 is 10.1 Å². The molecule has 1 aromatic carbocycles. The molecule has 2 rings (SSSR count). The number of hydrogen-bond donors (Lipinski definition) is 1. The zero-order valence-electron chi connectivity index (χ0n) is 11.8. The van der Waals surface area contributed by atoms with Crippen LogP contribution in [0.2, 0.25) is 0 Å². The summed E-state index contributed by atoms with van der Waals surface area (Å²) in [4.78, 5) is 14.8. The quantitative estimate of drug-likeness (QED) is 0.624. The summed E-state index contributed by atoms with van der Waals surface area (Å²) in [5.74, 6) is 0.293. The number of pyridine rings is 1. The van der Waals surface area contributed by atoms with Crippen molar-refractivity contribution >= 4 is 11.4 Å². The smallest absolute Gasteiger partial charge is 0.333 e. The molecule has 0 bridgehead atoms. The molecule has 0 unspecified atom stereocenters. The Morgan fingerprint density at radius 2 is 2.05 bits per heavy atom. The summed E-state index contributed by atoms with van der Waals surface area (Å²) >= 11 is 0. The summed E-state index contributed by atoms with van der Waals surface area (Å²) in [7, 11) is 0. The van der Waals surface area contributed by atoms with Crippen LogP contribution >= 0.6 is 0 Å². The lowest BCUT2D eigenvalue weighted by atomic mass is 10.2. The van der Waals surface area contributed by atoms with E-state index in [1.54, 1.807) is 30.6 Å². The summed E-state index contributed by atoms with van der Waals surface area (Å²) in [6.07, 6.45) is 4.17. The van der Waals surface area contributed by atoms with Crippen LogP contribution in [-0.2, 0) is 6.54 Å². The highest BCUT2D eigenvalue weighted by molar-refractivity contribution is 5.68. The highest BCUT2D eigenvalue weighted by Crippen LogP contribution is 2.35. The maximum atomic E-state index is 11.3. The Morgan fingerprint density at radius 1 is 1.29 bits per heavy atom. The van der Waals surface area contributed by atoms with Crippen molar-refractivity contribution in [1.29, 1.82) is 0 Å². The lowest BCUT2D eigenvalue weighted by Crippen LogP contribution is -2.05. The van der Waals surface area contributed by atoms with Gasteiger partial charge in [-0.15, -0.1) is 0 Å². The van der Waals surface area contributed by atoms with Gasteiger partial charge >= 0.3 is 5.69 Å². The zero-order chi connectivity index (χ0) is 15.1. The number of ether oxygens (including phenoxy) is 1. The van der Waals surface area contributed by atoms with Crippen molar-refractivity contribution in [1.82, 2.24) is 4.98 Å². The Hall–Kier alpha value is -2.63. The van der Waals surface area contributed by atoms with Crippen LogP contribution in [0.15, 0.2) is 42.7 Å². The predicted molar refractivity (Wildman–Crippen MR) is 80.4 cm³/mol. The third-order valence-electron chi connectivity index (χ3n) is 2.88. The van der Waals surface area contributed by atoms with Gasteiger partial charge in [0.25, 0.3) is 0 Å². The molecule has 0 saturated carbocycles. The summed E-state index contributed by atoms with van der Waals surface area (Å²) in [6.45, 7) is 2.90. The van der Waals surface area contributed by atoms with Crippen molar-refractivity contribution in [3.63, 3.8) is 0 Å². The number of anilines is 1. The van der Waals surface area contributed by atoms with E-state index >= 15 is 0 Å². The standard InChI is InChI=1S/C15H17N3O3/c1-2-10-21-14-5-3-4-13(15(14)18(19)20)17-11-12-6-8-16-9-7-12/h3-9,17H,2,10-11H2,1H3. The molecule has 0 aliphatic heterocycles. The van der Waals surface area contributed by atoms with Crippen molar-refractivity contribution in [2.75, 3.05) is 11.9 Å². The van der Waals surface area contributed by atoms with E-state index < -0.39 is 4.92 Å². The second-order valence-corrected chi connectivity index (χ2v) is 4.47. The van der Waals surface area contributed by atoms with Gasteiger partial charge in [0.05, 0.1) is 11.5 Å². The number of nitrogens with zero attached hydrogens (tertiary/aromatic N) is 2. The number of aromatic nitrogens is 1. The van der Waals surface area contributed by atoms with Crippen LogP contribution in [0.25, 0.3) is 0 Å². The number of hydrogen-bond acceptors (Lipinski definition) is 5. The number of nitro benzene ring substituents is 1. The molecular weight excluding hydrogens is 270 g/mol. The average Bonchev–Trinajstić information content (AvgIpc) is 2.51. The summed E-state index contributed by atoms with van der Waals surface area (Å²) < 4.78 is 5.45. The zero-order valence-corrected chi connectivity index (χ0v) is 11.8. The van der Waals surface area contributed by atoms with Gasteiger partial charge in [-0.3, -0.25) is 15.1 Å². The predicted octanol–water partition coefficient (Wildman–Crippen LogP) is 3.39. The maximum Gasteiger partial charge on any atom is 0.333 e. The first kappa shape index (κ1) is 14.8. The van der Waals surface area contributed by atoms with Crippen molar-refractivity contribution in [3.8, 4) is 5.75 Å². The highest BCUT2D eigenvalue weighted by atomic mass is 16.6. The monoisotopic (exact) mass is 287 g/mol. The summed E-state index contributed by atoms with van der Waals surface area (Å²) in [5.41, 5.74) is 1.42. The van der Waals surface area contributed by atoms with Crippen molar-refractivity contribution < 1.29 is 9.66 Å². The van der Waals surface area contributed by atoms with E-state index in [9.17, 15) is 10.1 Å². The number of benzene rings is 1. The first-order valence-electron chi connectivity index (χ1n) is 6.75. The molecule has 21 heavy (non-hydrogen) atoms. The minimum atomic E-state index is -0.417. The first-order chi connectivity index (χ1) is 10.2. The second-order valence-electron chi connectivity index (χ2n) is 4.47. The molecule has 1 aromatic heterocycles. The SMILES string of the molecule is CCCOc1cccc(NCc2ccncc2)c1[N+](=O)[O-]. The van der Waals surface area contributed by atoms with Gasteiger partial charge in [0, 0.05) is 18.9 Å². The molecule has 110 valence electrons. The van der Waals surface area contributed by atoms with E-state index in [0.717, 1.165) is 12.0 Å². The molecule has 0 saturated heterocycles. The molecule has 0 radical (unpaired) electrons. The van der Waals surface area contributed by atoms with Crippen molar-refractivity contribution in [2.45, 2.75) is 19.9 Å². The maximum absolute atomic E-state index is 11.3. The van der Waals surface area contributed by atoms with Gasteiger partial charge in [0.15, 0.2) is 5.75 Å². The van der Waals surface area contributed by atoms with Crippen molar-refractivity contribution in [2.24, 2.45) is 0 Å². The molecule has 0 aliphatic rings. The Labute approximate surface area is 122 Å². The Balaban J connectivity index is 2.20. The molecule has 0 aliphatic carbocycles. The molecule has 1 heterocycles. The number of nitrogens with one attached hydrogen (secondary N) is 1. The largest absolute Gasteiger partial charge is 0.487 e. The van der Waals surface area contributed by atoms with Crippen LogP contribution in [0.4, 0.5) is 11.4 Å². The van der Waals surface area contributed by atoms with Crippen LogP contribution in [-0.4, -0.2) is 16.5 Å². The minimum Gasteiger partial charge on any atom is -0.487 e. The molecular formula is C15H17N3O3. The van der Waals surface area contributed by atoms with Gasteiger partial charge in [0.1, 0.15) is 5.69 Å². The molecule has 0 spiro atoms. The minimum absolute atomic E-state index is 0.0278. The molecule has 6 heteroatoms. The van der Waals surface area contributed by atoms with E-state index in [1.165, 1.54) is 0 Å². The van der Waals surface area contributed by atoms with E-state index in [2.05, 4.69) is 10.3 Å². The molecule has 6 nitrogen and oxygen atoms in total. The van der Waals surface area contributed by atoms with Crippen LogP contribution < -0.4 is 10.1 Å². The van der Waals surface area contributed by atoms with Gasteiger partial charge in [-0.25, -0.2) is 0 Å². The fourth-order valence-corrected chi connectivity index (χ4v) is 1.88. The Morgan fingerprint density at radius 3 is 2.71 bits per heavy atom. The van der Waals surface area contributed by atoms with E-state index in [0.29, 0.717) is 24.6 Å². The molecule has 2 aromatic rings. The lowest BCUT2D eigenvalue weighted by molar-refractivity contribution is -0.385. The fourth-order valence-electron chi connectivity index (χ4n) is 1.88. The molecule has 0 atom stereocenters. The first-order valence-corrected chi connectivity index (χ1v) is 6.75. The number of nitro groups is 1. The van der Waals surface area contributed by atoms with Gasteiger partial charge in [-0.05, 0) is 36.2 Å². The molecule has 1 N–H and O–H groups in total. The lowest BCUT2D eigenvalue weighted by Gasteiger charge is -2.11. The van der Waals surface area contributed by atoms with Crippen LogP contribution in [0, 0.1) is 10.1 Å². The third kappa shape index (κ3) is 3.92. The van der Waals surface area contributed by atoms with E-state index in [4.69, 9.17) is 4.74 Å². The average molecular weight is 287 g/mol. The van der Waals surface area contributed by atoms with Gasteiger partial charge in [-0.1, -0.05) is 13.0 Å². The Bertz CT molecular complexity index is 602. The summed E-state index contributed by atoms with van der Waals surface area (Å²) in [6, 6.07) is 8.75. The number of rotatable bonds is 7. The van der Waals surface area contributed by atoms with Crippen LogP contribution in [0.3, 0.4) is 0 Å². The van der Waals surface area contributed by atoms with Gasteiger partial charge in [-0.2, -0.15) is 0 Å². The van der Waals surface area contributed by atoms with Crippen LogP contribution in [0.1, 0.15) is 18.9 Å². The normalized spacial score (nSPS) is 10.1. The highest BCUT2D eigenvalue weighted by Gasteiger charge is 2.20. The topological polar surface area (TPSA) is 77.3 Å². The Kier molecular flexibility index (Phi) is 5.09. The van der Waals surface area contributed by atoms with E-state index in [-0.39, 0.29) is 5.69 Å².